The fourth-order valence-corrected chi connectivity index (χ4v) is 2.93. The highest BCUT2D eigenvalue weighted by atomic mass is 16.1. The molecule has 0 radical (unpaired) electrons. The topological polar surface area (TPSA) is 17.1 Å². The quantitative estimate of drug-likeness (QED) is 0.521. The minimum Gasteiger partial charge on any atom is -0.299 e. The Hall–Kier alpha value is -0.330. The lowest BCUT2D eigenvalue weighted by atomic mass is 9.40. The number of rotatable bonds is 0. The van der Waals surface area contributed by atoms with Gasteiger partial charge in [0, 0.05) is 11.3 Å². The number of carbonyl (C=O) groups excluding carboxylic acids is 1. The lowest BCUT2D eigenvalue weighted by Crippen LogP contribution is -2.64. The SMILES string of the molecule is CC1(C)[C@@H]2CCC[C@@]1(C)C2=O. The van der Waals surface area contributed by atoms with Crippen molar-refractivity contribution >= 4 is 5.78 Å². The van der Waals surface area contributed by atoms with E-state index in [1.165, 1.54) is 6.42 Å². The van der Waals surface area contributed by atoms with E-state index in [2.05, 4.69) is 20.8 Å². The van der Waals surface area contributed by atoms with E-state index in [4.69, 9.17) is 0 Å². The highest BCUT2D eigenvalue weighted by molar-refractivity contribution is 5.95. The molecule has 0 aromatic heterocycles. The van der Waals surface area contributed by atoms with Crippen molar-refractivity contribution in [2.75, 3.05) is 0 Å². The molecule has 3 fully saturated rings. The van der Waals surface area contributed by atoms with Crippen LogP contribution in [0, 0.1) is 16.7 Å². The second-order valence-electron chi connectivity index (χ2n) is 4.86. The van der Waals surface area contributed by atoms with E-state index >= 15 is 0 Å². The third-order valence-electron chi connectivity index (χ3n) is 4.32. The summed E-state index contributed by atoms with van der Waals surface area (Å²) in [4.78, 5) is 11.6. The van der Waals surface area contributed by atoms with Gasteiger partial charge < -0.3 is 0 Å². The van der Waals surface area contributed by atoms with Gasteiger partial charge in [-0.05, 0) is 18.3 Å². The van der Waals surface area contributed by atoms with E-state index in [0.717, 1.165) is 12.8 Å². The van der Waals surface area contributed by atoms with Gasteiger partial charge in [0.15, 0.2) is 0 Å². The van der Waals surface area contributed by atoms with Crippen LogP contribution in [0.25, 0.3) is 0 Å². The molecule has 0 aromatic carbocycles. The largest absolute Gasteiger partial charge is 0.299 e. The predicted octanol–water partition coefficient (Wildman–Crippen LogP) is 2.40. The lowest BCUT2D eigenvalue weighted by molar-refractivity contribution is -0.180. The van der Waals surface area contributed by atoms with Gasteiger partial charge in [-0.3, -0.25) is 4.79 Å². The van der Waals surface area contributed by atoms with Gasteiger partial charge in [-0.25, -0.2) is 0 Å². The molecule has 0 spiro atoms. The van der Waals surface area contributed by atoms with Crippen LogP contribution in [-0.2, 0) is 4.79 Å². The summed E-state index contributed by atoms with van der Waals surface area (Å²) < 4.78 is 0. The summed E-state index contributed by atoms with van der Waals surface area (Å²) >= 11 is 0. The van der Waals surface area contributed by atoms with Crippen LogP contribution < -0.4 is 0 Å². The van der Waals surface area contributed by atoms with E-state index in [9.17, 15) is 4.79 Å². The highest BCUT2D eigenvalue weighted by Gasteiger charge is 2.65. The molecule has 0 amide bonds. The predicted molar refractivity (Wildman–Crippen MR) is 44.2 cm³/mol. The standard InChI is InChI=1S/C10H16O/c1-9(2)7-5-4-6-10(9,3)8(7)11/h7H,4-6H2,1-3H3/t7-,10+/m1/s1. The second kappa shape index (κ2) is 1.70. The molecule has 1 nitrogen and oxygen atoms in total. The summed E-state index contributed by atoms with van der Waals surface area (Å²) in [6.45, 7) is 6.64. The molecule has 62 valence electrons. The van der Waals surface area contributed by atoms with Crippen molar-refractivity contribution in [3.63, 3.8) is 0 Å². The van der Waals surface area contributed by atoms with Crippen molar-refractivity contribution in [2.45, 2.75) is 40.0 Å². The molecule has 2 bridgehead atoms. The first kappa shape index (κ1) is 7.33. The molecule has 2 atom stereocenters. The molecule has 11 heavy (non-hydrogen) atoms. The van der Waals surface area contributed by atoms with Crippen LogP contribution in [0.2, 0.25) is 0 Å². The number of carbonyl (C=O) groups is 1. The summed E-state index contributed by atoms with van der Waals surface area (Å²) in [7, 11) is 0. The van der Waals surface area contributed by atoms with Crippen LogP contribution >= 0.6 is 0 Å². The summed E-state index contributed by atoms with van der Waals surface area (Å²) in [5.74, 6) is 0.926. The Balaban J connectivity index is 2.37. The summed E-state index contributed by atoms with van der Waals surface area (Å²) in [5.41, 5.74) is 0.332. The molecule has 3 aliphatic rings. The Labute approximate surface area is 68.2 Å². The van der Waals surface area contributed by atoms with Crippen molar-refractivity contribution in [3.8, 4) is 0 Å². The lowest BCUT2D eigenvalue weighted by Gasteiger charge is -2.62. The smallest absolute Gasteiger partial charge is 0.142 e. The van der Waals surface area contributed by atoms with Gasteiger partial charge in [-0.15, -0.1) is 0 Å². The van der Waals surface area contributed by atoms with Crippen LogP contribution in [0.15, 0.2) is 0 Å². The first-order valence-corrected chi connectivity index (χ1v) is 4.54. The van der Waals surface area contributed by atoms with E-state index in [-0.39, 0.29) is 5.41 Å². The van der Waals surface area contributed by atoms with Crippen LogP contribution in [0.5, 0.6) is 0 Å². The first-order valence-electron chi connectivity index (χ1n) is 4.54. The zero-order chi connectivity index (χ0) is 8.28. The number of Topliss-reactive ketones (excluding diaryl/α,β-unsaturated/α-hetero) is 1. The Kier molecular flexibility index (Phi) is 1.13. The fourth-order valence-electron chi connectivity index (χ4n) is 2.93. The molecule has 0 aliphatic heterocycles. The minimum absolute atomic E-state index is 0.0376. The Morgan fingerprint density at radius 2 is 2.00 bits per heavy atom. The van der Waals surface area contributed by atoms with E-state index < -0.39 is 0 Å². The zero-order valence-corrected chi connectivity index (χ0v) is 7.61. The highest BCUT2D eigenvalue weighted by Crippen LogP contribution is 2.64. The van der Waals surface area contributed by atoms with Crippen molar-refractivity contribution in [2.24, 2.45) is 16.7 Å². The molecule has 3 aliphatic carbocycles. The van der Waals surface area contributed by atoms with Gasteiger partial charge in [0.2, 0.25) is 0 Å². The molecular weight excluding hydrogens is 136 g/mol. The normalized spacial score (nSPS) is 46.8. The number of hydrogen-bond acceptors (Lipinski definition) is 1. The Bertz CT molecular complexity index is 217. The van der Waals surface area contributed by atoms with Gasteiger partial charge in [0.05, 0.1) is 0 Å². The maximum absolute atomic E-state index is 11.6. The van der Waals surface area contributed by atoms with Gasteiger partial charge in [-0.1, -0.05) is 27.2 Å². The Morgan fingerprint density at radius 1 is 1.36 bits per heavy atom. The first-order chi connectivity index (χ1) is 5.00. The van der Waals surface area contributed by atoms with Crippen molar-refractivity contribution < 1.29 is 4.79 Å². The molecule has 0 unspecified atom stereocenters. The van der Waals surface area contributed by atoms with Crippen LogP contribution in [0.3, 0.4) is 0 Å². The third-order valence-corrected chi connectivity index (χ3v) is 4.32. The molecule has 3 saturated carbocycles. The molecule has 0 saturated heterocycles. The van der Waals surface area contributed by atoms with Gasteiger partial charge in [0.25, 0.3) is 0 Å². The maximum atomic E-state index is 11.6. The molecule has 1 heteroatoms. The average molecular weight is 152 g/mol. The van der Waals surface area contributed by atoms with Crippen molar-refractivity contribution in [1.29, 1.82) is 0 Å². The van der Waals surface area contributed by atoms with Gasteiger partial charge in [0.1, 0.15) is 5.78 Å². The van der Waals surface area contributed by atoms with E-state index in [1.807, 2.05) is 0 Å². The summed E-state index contributed by atoms with van der Waals surface area (Å²) in [6.07, 6.45) is 3.52. The minimum atomic E-state index is 0.0376. The Morgan fingerprint density at radius 3 is 2.27 bits per heavy atom. The van der Waals surface area contributed by atoms with Gasteiger partial charge in [-0.2, -0.15) is 0 Å². The molecule has 0 N–H and O–H groups in total. The monoisotopic (exact) mass is 152 g/mol. The molecule has 0 aromatic rings. The second-order valence-corrected chi connectivity index (χ2v) is 4.86. The maximum Gasteiger partial charge on any atom is 0.142 e. The van der Waals surface area contributed by atoms with E-state index in [1.54, 1.807) is 0 Å². The van der Waals surface area contributed by atoms with Crippen LogP contribution in [-0.4, -0.2) is 5.78 Å². The molecule has 0 heterocycles. The van der Waals surface area contributed by atoms with Gasteiger partial charge >= 0.3 is 0 Å². The third kappa shape index (κ3) is 0.567. The zero-order valence-electron chi connectivity index (χ0n) is 7.61. The van der Waals surface area contributed by atoms with Crippen molar-refractivity contribution in [3.05, 3.63) is 0 Å². The average Bonchev–Trinajstić information content (AvgIpc) is 1.94. The molecular formula is C10H16O. The van der Waals surface area contributed by atoms with E-state index in [0.29, 0.717) is 17.1 Å². The summed E-state index contributed by atoms with van der Waals surface area (Å²) in [6, 6.07) is 0. The van der Waals surface area contributed by atoms with Crippen LogP contribution in [0.1, 0.15) is 40.0 Å². The summed E-state index contributed by atoms with van der Waals surface area (Å²) in [5, 5.41) is 0. The van der Waals surface area contributed by atoms with Crippen LogP contribution in [0.4, 0.5) is 0 Å². The fraction of sp³-hybridized carbons (Fsp3) is 0.900. The van der Waals surface area contributed by atoms with Crippen molar-refractivity contribution in [1.82, 2.24) is 0 Å². The molecule has 3 rings (SSSR count). The number of hydrogen-bond donors (Lipinski definition) is 0. The number of ketones is 1. The number of fused-ring (bicyclic) bond motifs is 2.